The van der Waals surface area contributed by atoms with Gasteiger partial charge in [0.15, 0.2) is 5.78 Å². The first-order valence-corrected chi connectivity index (χ1v) is 13.3. The fraction of sp³-hybridized carbons (Fsp3) is 0. The monoisotopic (exact) mass is 516 g/mol. The minimum atomic E-state index is -0.0592. The van der Waals surface area contributed by atoms with Crippen molar-refractivity contribution in [2.45, 2.75) is 0 Å². The van der Waals surface area contributed by atoms with Gasteiger partial charge in [-0.2, -0.15) is 0 Å². The molecular formula is C37H28N2O. The number of anilines is 4. The lowest BCUT2D eigenvalue weighted by molar-refractivity contribution is 0.104. The second-order valence-corrected chi connectivity index (χ2v) is 9.56. The van der Waals surface area contributed by atoms with Crippen LogP contribution in [0.25, 0.3) is 22.3 Å². The van der Waals surface area contributed by atoms with Crippen LogP contribution in [0.3, 0.4) is 0 Å². The number of para-hydroxylation sites is 2. The number of carbonyl (C=O) groups excluding carboxylic acids is 1. The lowest BCUT2D eigenvalue weighted by atomic mass is 9.94. The summed E-state index contributed by atoms with van der Waals surface area (Å²) in [4.78, 5) is 14.3. The smallest absolute Gasteiger partial charge is 0.197 e. The second kappa shape index (κ2) is 11.5. The molecule has 0 aromatic heterocycles. The van der Waals surface area contributed by atoms with Gasteiger partial charge in [0.25, 0.3) is 0 Å². The van der Waals surface area contributed by atoms with E-state index in [0.29, 0.717) is 11.1 Å². The first-order valence-electron chi connectivity index (χ1n) is 13.3. The first kappa shape index (κ1) is 24.9. The lowest BCUT2D eigenvalue weighted by Gasteiger charge is -2.17. The van der Waals surface area contributed by atoms with E-state index in [1.54, 1.807) is 0 Å². The Morgan fingerprint density at radius 1 is 0.375 bits per heavy atom. The zero-order chi connectivity index (χ0) is 27.1. The molecule has 0 unspecified atom stereocenters. The molecule has 0 heterocycles. The van der Waals surface area contributed by atoms with E-state index in [-0.39, 0.29) is 5.78 Å². The van der Waals surface area contributed by atoms with Crippen molar-refractivity contribution in [1.29, 1.82) is 0 Å². The van der Waals surface area contributed by atoms with Gasteiger partial charge in [-0.25, -0.2) is 0 Å². The Hall–Kier alpha value is -5.41. The fourth-order valence-electron chi connectivity index (χ4n) is 4.81. The molecule has 0 amide bonds. The summed E-state index contributed by atoms with van der Waals surface area (Å²) in [6.45, 7) is 0. The van der Waals surface area contributed by atoms with Crippen molar-refractivity contribution < 1.29 is 4.79 Å². The van der Waals surface area contributed by atoms with Crippen molar-refractivity contribution in [3.63, 3.8) is 0 Å². The molecule has 0 atom stereocenters. The van der Waals surface area contributed by atoms with E-state index in [4.69, 9.17) is 0 Å². The second-order valence-electron chi connectivity index (χ2n) is 9.56. The minimum Gasteiger partial charge on any atom is -0.355 e. The topological polar surface area (TPSA) is 41.1 Å². The normalized spacial score (nSPS) is 10.6. The molecule has 3 heteroatoms. The molecule has 0 bridgehead atoms. The molecule has 0 spiro atoms. The Balaban J connectivity index is 1.45. The van der Waals surface area contributed by atoms with Crippen LogP contribution in [0.4, 0.5) is 22.7 Å². The van der Waals surface area contributed by atoms with Crippen molar-refractivity contribution in [1.82, 2.24) is 0 Å². The minimum absolute atomic E-state index is 0.0592. The molecule has 0 saturated carbocycles. The van der Waals surface area contributed by atoms with E-state index in [1.807, 2.05) is 121 Å². The maximum absolute atomic E-state index is 14.3. The summed E-state index contributed by atoms with van der Waals surface area (Å²) in [7, 11) is 0. The van der Waals surface area contributed by atoms with Crippen LogP contribution in [0, 0.1) is 0 Å². The maximum Gasteiger partial charge on any atom is 0.197 e. The van der Waals surface area contributed by atoms with Gasteiger partial charge in [0.1, 0.15) is 0 Å². The molecule has 40 heavy (non-hydrogen) atoms. The highest BCUT2D eigenvalue weighted by Crippen LogP contribution is 2.34. The zero-order valence-electron chi connectivity index (χ0n) is 21.9. The molecule has 0 radical (unpaired) electrons. The van der Waals surface area contributed by atoms with Crippen LogP contribution in [0.1, 0.15) is 15.9 Å². The third-order valence-corrected chi connectivity index (χ3v) is 6.85. The summed E-state index contributed by atoms with van der Waals surface area (Å²) in [6, 6.07) is 52.3. The van der Waals surface area contributed by atoms with Gasteiger partial charge in [0.2, 0.25) is 0 Å². The van der Waals surface area contributed by atoms with Gasteiger partial charge in [-0.1, -0.05) is 109 Å². The average Bonchev–Trinajstić information content (AvgIpc) is 3.02. The van der Waals surface area contributed by atoms with E-state index in [9.17, 15) is 4.79 Å². The van der Waals surface area contributed by atoms with Crippen LogP contribution < -0.4 is 10.6 Å². The van der Waals surface area contributed by atoms with Gasteiger partial charge in [-0.3, -0.25) is 4.79 Å². The van der Waals surface area contributed by atoms with Crippen LogP contribution in [-0.2, 0) is 0 Å². The van der Waals surface area contributed by atoms with Crippen molar-refractivity contribution in [3.8, 4) is 22.3 Å². The number of rotatable bonds is 8. The maximum atomic E-state index is 14.3. The Kier molecular flexibility index (Phi) is 7.19. The molecule has 0 saturated heterocycles. The molecule has 6 aromatic carbocycles. The van der Waals surface area contributed by atoms with E-state index in [0.717, 1.165) is 45.0 Å². The van der Waals surface area contributed by atoms with Crippen molar-refractivity contribution in [2.75, 3.05) is 10.6 Å². The van der Waals surface area contributed by atoms with E-state index >= 15 is 0 Å². The number of hydrogen-bond acceptors (Lipinski definition) is 3. The molecule has 6 aromatic rings. The van der Waals surface area contributed by atoms with Crippen molar-refractivity contribution >= 4 is 28.5 Å². The van der Waals surface area contributed by atoms with Gasteiger partial charge in [-0.15, -0.1) is 0 Å². The standard InChI is InChI=1S/C37H28N2O/c40-37(33-23-21-29(27-13-5-1-6-14-27)25-35(33)38-31-17-9-3-10-18-31)34-24-22-30(28-15-7-2-8-16-28)26-36(34)39-32-19-11-4-12-20-32/h1-26,38-39H. The molecule has 6 rings (SSSR count). The molecule has 0 fully saturated rings. The highest BCUT2D eigenvalue weighted by atomic mass is 16.1. The average molecular weight is 517 g/mol. The van der Waals surface area contributed by atoms with Crippen molar-refractivity contribution in [3.05, 3.63) is 169 Å². The highest BCUT2D eigenvalue weighted by Gasteiger charge is 2.19. The molecule has 0 aliphatic carbocycles. The van der Waals surface area contributed by atoms with Crippen LogP contribution in [0.15, 0.2) is 158 Å². The van der Waals surface area contributed by atoms with Crippen LogP contribution >= 0.6 is 0 Å². The van der Waals surface area contributed by atoms with Gasteiger partial charge < -0.3 is 10.6 Å². The first-order chi connectivity index (χ1) is 19.7. The Morgan fingerprint density at radius 3 is 1.10 bits per heavy atom. The number of ketones is 1. The summed E-state index contributed by atoms with van der Waals surface area (Å²) < 4.78 is 0. The number of benzene rings is 6. The quantitative estimate of drug-likeness (QED) is 0.198. The summed E-state index contributed by atoms with van der Waals surface area (Å²) in [5.41, 5.74) is 8.83. The van der Waals surface area contributed by atoms with Gasteiger partial charge in [-0.05, 0) is 70.8 Å². The molecular weight excluding hydrogens is 488 g/mol. The number of carbonyl (C=O) groups is 1. The number of nitrogens with one attached hydrogen (secondary N) is 2. The van der Waals surface area contributed by atoms with E-state index in [2.05, 4.69) is 47.0 Å². The summed E-state index contributed by atoms with van der Waals surface area (Å²) in [6.07, 6.45) is 0. The van der Waals surface area contributed by atoms with Crippen LogP contribution in [0.5, 0.6) is 0 Å². The largest absolute Gasteiger partial charge is 0.355 e. The Morgan fingerprint density at radius 2 is 0.725 bits per heavy atom. The summed E-state index contributed by atoms with van der Waals surface area (Å²) in [5, 5.41) is 7.00. The predicted molar refractivity (Wildman–Crippen MR) is 167 cm³/mol. The Bertz CT molecular complexity index is 1600. The van der Waals surface area contributed by atoms with E-state index in [1.165, 1.54) is 0 Å². The molecule has 0 aliphatic heterocycles. The fourth-order valence-corrected chi connectivity index (χ4v) is 4.81. The SMILES string of the molecule is O=C(c1ccc(-c2ccccc2)cc1Nc1ccccc1)c1ccc(-c2ccccc2)cc1Nc1ccccc1. The van der Waals surface area contributed by atoms with E-state index < -0.39 is 0 Å². The summed E-state index contributed by atoms with van der Waals surface area (Å²) in [5.74, 6) is -0.0592. The Labute approximate surface area is 234 Å². The highest BCUT2D eigenvalue weighted by molar-refractivity contribution is 6.16. The van der Waals surface area contributed by atoms with Gasteiger partial charge >= 0.3 is 0 Å². The summed E-state index contributed by atoms with van der Waals surface area (Å²) >= 11 is 0. The van der Waals surface area contributed by atoms with Gasteiger partial charge in [0, 0.05) is 22.5 Å². The third-order valence-electron chi connectivity index (χ3n) is 6.85. The predicted octanol–water partition coefficient (Wildman–Crippen LogP) is 9.74. The van der Waals surface area contributed by atoms with Gasteiger partial charge in [0.05, 0.1) is 11.4 Å². The lowest BCUT2D eigenvalue weighted by Crippen LogP contribution is -2.09. The molecule has 2 N–H and O–H groups in total. The third kappa shape index (κ3) is 5.54. The number of hydrogen-bond donors (Lipinski definition) is 2. The van der Waals surface area contributed by atoms with Crippen LogP contribution in [-0.4, -0.2) is 5.78 Å². The van der Waals surface area contributed by atoms with Crippen LogP contribution in [0.2, 0.25) is 0 Å². The molecule has 192 valence electrons. The molecule has 3 nitrogen and oxygen atoms in total. The zero-order valence-corrected chi connectivity index (χ0v) is 21.9. The van der Waals surface area contributed by atoms with Crippen molar-refractivity contribution in [2.24, 2.45) is 0 Å². The molecule has 0 aliphatic rings.